The Kier molecular flexibility index (Phi) is 3.93. The van der Waals surface area contributed by atoms with Crippen molar-refractivity contribution >= 4 is 5.82 Å². The van der Waals surface area contributed by atoms with Gasteiger partial charge in [0.25, 0.3) is 0 Å². The Labute approximate surface area is 120 Å². The van der Waals surface area contributed by atoms with Gasteiger partial charge in [-0.1, -0.05) is 32.9 Å². The van der Waals surface area contributed by atoms with Gasteiger partial charge in [0.15, 0.2) is 0 Å². The van der Waals surface area contributed by atoms with Crippen LogP contribution in [0.4, 0.5) is 5.82 Å². The van der Waals surface area contributed by atoms with E-state index < -0.39 is 0 Å². The van der Waals surface area contributed by atoms with Gasteiger partial charge in [0.2, 0.25) is 5.88 Å². The van der Waals surface area contributed by atoms with Crippen LogP contribution in [0.3, 0.4) is 0 Å². The molecule has 2 N–H and O–H groups in total. The van der Waals surface area contributed by atoms with Crippen LogP contribution in [0.25, 0.3) is 0 Å². The van der Waals surface area contributed by atoms with Gasteiger partial charge in [-0.05, 0) is 36.5 Å². The summed E-state index contributed by atoms with van der Waals surface area (Å²) in [5.41, 5.74) is 7.97. The second-order valence-electron chi connectivity index (χ2n) is 5.55. The van der Waals surface area contributed by atoms with Gasteiger partial charge in [0, 0.05) is 0 Å². The summed E-state index contributed by atoms with van der Waals surface area (Å²) in [6, 6.07) is 8.12. The van der Waals surface area contributed by atoms with E-state index in [-0.39, 0.29) is 5.41 Å². The molecule has 1 aromatic carbocycles. The Morgan fingerprint density at radius 3 is 2.40 bits per heavy atom. The first-order valence-electron chi connectivity index (χ1n) is 6.79. The number of rotatable bonds is 4. The smallest absolute Gasteiger partial charge is 0.227 e. The fourth-order valence-electron chi connectivity index (χ4n) is 1.84. The molecular formula is C16H21N3O. The van der Waals surface area contributed by atoms with E-state index in [1.54, 1.807) is 0 Å². The lowest BCUT2D eigenvalue weighted by atomic mass is 9.82. The number of nitrogens with two attached hydrogens (primary N) is 1. The van der Waals surface area contributed by atoms with E-state index in [4.69, 9.17) is 10.5 Å². The van der Waals surface area contributed by atoms with E-state index in [1.165, 1.54) is 11.9 Å². The zero-order valence-electron chi connectivity index (χ0n) is 12.5. The summed E-state index contributed by atoms with van der Waals surface area (Å²) >= 11 is 0. The second-order valence-corrected chi connectivity index (χ2v) is 5.55. The van der Waals surface area contributed by atoms with Crippen molar-refractivity contribution in [1.82, 2.24) is 9.97 Å². The number of ether oxygens (including phenoxy) is 1. The van der Waals surface area contributed by atoms with E-state index in [9.17, 15) is 0 Å². The molecule has 2 aromatic rings. The fourth-order valence-corrected chi connectivity index (χ4v) is 1.84. The van der Waals surface area contributed by atoms with Crippen LogP contribution in [0.1, 0.15) is 38.3 Å². The number of aromatic nitrogens is 2. The van der Waals surface area contributed by atoms with Crippen molar-refractivity contribution < 1.29 is 4.74 Å². The molecule has 0 radical (unpaired) electrons. The quantitative estimate of drug-likeness (QED) is 0.917. The molecule has 0 bridgehead atoms. The summed E-state index contributed by atoms with van der Waals surface area (Å²) in [7, 11) is 0. The first-order valence-corrected chi connectivity index (χ1v) is 6.79. The molecule has 20 heavy (non-hydrogen) atoms. The maximum Gasteiger partial charge on any atom is 0.227 e. The largest absolute Gasteiger partial charge is 0.439 e. The molecule has 0 fully saturated rings. The highest BCUT2D eigenvalue weighted by Gasteiger charge is 2.17. The highest BCUT2D eigenvalue weighted by molar-refractivity contribution is 5.45. The second kappa shape index (κ2) is 5.49. The average Bonchev–Trinajstić information content (AvgIpc) is 2.44. The van der Waals surface area contributed by atoms with Crippen LogP contribution < -0.4 is 10.5 Å². The first kappa shape index (κ1) is 14.3. The Hall–Kier alpha value is -2.10. The molecule has 4 heteroatoms. The number of nitrogens with zero attached hydrogens (tertiary/aromatic N) is 2. The number of benzene rings is 1. The van der Waals surface area contributed by atoms with Crippen molar-refractivity contribution in [2.75, 3.05) is 5.73 Å². The lowest BCUT2D eigenvalue weighted by Crippen LogP contribution is -2.14. The molecular weight excluding hydrogens is 250 g/mol. The molecule has 106 valence electrons. The van der Waals surface area contributed by atoms with Gasteiger partial charge in [-0.3, -0.25) is 0 Å². The SMILES string of the molecule is CCC(C)(C)c1ccc(Oc2ncnc(N)c2C)cc1. The van der Waals surface area contributed by atoms with Crippen molar-refractivity contribution in [2.24, 2.45) is 0 Å². The maximum absolute atomic E-state index is 5.76. The standard InChI is InChI=1S/C16H21N3O/c1-5-16(3,4)12-6-8-13(9-7-12)20-15-11(2)14(17)18-10-19-15/h6-10H,5H2,1-4H3,(H2,17,18,19). The summed E-state index contributed by atoms with van der Waals surface area (Å²) in [4.78, 5) is 8.03. The molecule has 0 amide bonds. The van der Waals surface area contributed by atoms with Crippen molar-refractivity contribution in [3.8, 4) is 11.6 Å². The molecule has 0 atom stereocenters. The number of anilines is 1. The molecule has 1 aromatic heterocycles. The highest BCUT2D eigenvalue weighted by atomic mass is 16.5. The number of nitrogen functional groups attached to an aromatic ring is 1. The van der Waals surface area contributed by atoms with Crippen LogP contribution >= 0.6 is 0 Å². The normalized spacial score (nSPS) is 11.4. The molecule has 4 nitrogen and oxygen atoms in total. The minimum Gasteiger partial charge on any atom is -0.439 e. The molecule has 0 unspecified atom stereocenters. The van der Waals surface area contributed by atoms with Gasteiger partial charge in [0.1, 0.15) is 17.9 Å². The van der Waals surface area contributed by atoms with E-state index in [2.05, 4.69) is 42.9 Å². The van der Waals surface area contributed by atoms with E-state index >= 15 is 0 Å². The van der Waals surface area contributed by atoms with Crippen LogP contribution in [0.15, 0.2) is 30.6 Å². The molecule has 0 spiro atoms. The van der Waals surface area contributed by atoms with Crippen LogP contribution in [0.2, 0.25) is 0 Å². The summed E-state index contributed by atoms with van der Waals surface area (Å²) in [5, 5.41) is 0. The summed E-state index contributed by atoms with van der Waals surface area (Å²) in [5.74, 6) is 1.69. The van der Waals surface area contributed by atoms with Crippen LogP contribution in [-0.2, 0) is 5.41 Å². The maximum atomic E-state index is 5.76. The van der Waals surface area contributed by atoms with Gasteiger partial charge < -0.3 is 10.5 Å². The average molecular weight is 271 g/mol. The topological polar surface area (TPSA) is 61.0 Å². The molecule has 0 aliphatic rings. The van der Waals surface area contributed by atoms with Gasteiger partial charge in [-0.25, -0.2) is 9.97 Å². The minimum absolute atomic E-state index is 0.174. The molecule has 0 saturated carbocycles. The summed E-state index contributed by atoms with van der Waals surface area (Å²) in [6.45, 7) is 8.51. The van der Waals surface area contributed by atoms with Gasteiger partial charge in [-0.2, -0.15) is 0 Å². The highest BCUT2D eigenvalue weighted by Crippen LogP contribution is 2.30. The van der Waals surface area contributed by atoms with Crippen molar-refractivity contribution in [2.45, 2.75) is 39.5 Å². The van der Waals surface area contributed by atoms with Gasteiger partial charge in [-0.15, -0.1) is 0 Å². The van der Waals surface area contributed by atoms with Crippen molar-refractivity contribution in [3.05, 3.63) is 41.7 Å². The third kappa shape index (κ3) is 2.90. The minimum atomic E-state index is 0.174. The third-order valence-electron chi connectivity index (χ3n) is 3.81. The van der Waals surface area contributed by atoms with Crippen LogP contribution in [0, 0.1) is 6.92 Å². The van der Waals surface area contributed by atoms with Gasteiger partial charge in [0.05, 0.1) is 5.56 Å². The molecule has 0 saturated heterocycles. The molecule has 0 aliphatic heterocycles. The van der Waals surface area contributed by atoms with Crippen molar-refractivity contribution in [1.29, 1.82) is 0 Å². The molecule has 2 rings (SSSR count). The summed E-state index contributed by atoms with van der Waals surface area (Å²) < 4.78 is 5.76. The Morgan fingerprint density at radius 2 is 1.80 bits per heavy atom. The lowest BCUT2D eigenvalue weighted by molar-refractivity contribution is 0.455. The van der Waals surface area contributed by atoms with Crippen LogP contribution in [-0.4, -0.2) is 9.97 Å². The molecule has 1 heterocycles. The van der Waals surface area contributed by atoms with Crippen LogP contribution in [0.5, 0.6) is 11.6 Å². The fraction of sp³-hybridized carbons (Fsp3) is 0.375. The van der Waals surface area contributed by atoms with E-state index in [0.29, 0.717) is 11.7 Å². The zero-order chi connectivity index (χ0) is 14.8. The number of hydrogen-bond donors (Lipinski definition) is 1. The third-order valence-corrected chi connectivity index (χ3v) is 3.81. The van der Waals surface area contributed by atoms with E-state index in [1.807, 2.05) is 19.1 Å². The molecule has 0 aliphatic carbocycles. The first-order chi connectivity index (χ1) is 9.44. The van der Waals surface area contributed by atoms with Gasteiger partial charge >= 0.3 is 0 Å². The number of hydrogen-bond acceptors (Lipinski definition) is 4. The predicted octanol–water partition coefficient (Wildman–Crippen LogP) is 3.85. The van der Waals surface area contributed by atoms with E-state index in [0.717, 1.165) is 17.7 Å². The Balaban J connectivity index is 2.21. The Bertz CT molecular complexity index is 591. The monoisotopic (exact) mass is 271 g/mol. The summed E-state index contributed by atoms with van der Waals surface area (Å²) in [6.07, 6.45) is 2.50. The Morgan fingerprint density at radius 1 is 1.15 bits per heavy atom. The zero-order valence-corrected chi connectivity index (χ0v) is 12.5. The lowest BCUT2D eigenvalue weighted by Gasteiger charge is -2.23. The van der Waals surface area contributed by atoms with Crippen molar-refractivity contribution in [3.63, 3.8) is 0 Å². The predicted molar refractivity (Wildman–Crippen MR) is 81.0 cm³/mol.